The van der Waals surface area contributed by atoms with Crippen molar-refractivity contribution in [3.05, 3.63) is 66.2 Å². The normalized spacial score (nSPS) is 12.3. The van der Waals surface area contributed by atoms with Crippen molar-refractivity contribution in [3.8, 4) is 16.8 Å². The van der Waals surface area contributed by atoms with Crippen LogP contribution in [0.1, 0.15) is 5.69 Å². The van der Waals surface area contributed by atoms with Gasteiger partial charge in [-0.15, -0.1) is 0 Å². The zero-order chi connectivity index (χ0) is 19.8. The van der Waals surface area contributed by atoms with Crippen LogP contribution in [0.15, 0.2) is 59.6 Å². The van der Waals surface area contributed by atoms with Crippen LogP contribution < -0.4 is 4.72 Å². The first-order valence-corrected chi connectivity index (χ1v) is 9.06. The van der Waals surface area contributed by atoms with Crippen LogP contribution in [0.2, 0.25) is 0 Å². The van der Waals surface area contributed by atoms with E-state index >= 15 is 0 Å². The van der Waals surface area contributed by atoms with E-state index in [9.17, 15) is 26.0 Å². The molecule has 0 spiro atoms. The first-order valence-electron chi connectivity index (χ1n) is 7.58. The third-order valence-corrected chi connectivity index (χ3v) is 5.19. The second-order valence-corrected chi connectivity index (χ2v) is 7.46. The number of sulfonamides is 1. The molecule has 0 bridgehead atoms. The molecular weight excluding hydrogens is 386 g/mol. The highest BCUT2D eigenvalue weighted by Crippen LogP contribution is 2.30. The Bertz CT molecular complexity index is 1070. The fourth-order valence-electron chi connectivity index (χ4n) is 2.42. The van der Waals surface area contributed by atoms with E-state index in [-0.39, 0.29) is 10.6 Å². The lowest BCUT2D eigenvalue weighted by Gasteiger charge is -2.11. The fourth-order valence-corrected chi connectivity index (χ4v) is 3.21. The van der Waals surface area contributed by atoms with E-state index in [1.165, 1.54) is 49.5 Å². The Morgan fingerprint density at radius 1 is 1.00 bits per heavy atom. The van der Waals surface area contributed by atoms with Crippen LogP contribution in [0.3, 0.4) is 0 Å². The van der Waals surface area contributed by atoms with Crippen molar-refractivity contribution in [3.63, 3.8) is 0 Å². The van der Waals surface area contributed by atoms with Gasteiger partial charge in [0, 0.05) is 6.20 Å². The number of hydrogen-bond donors (Lipinski definition) is 1. The molecule has 10 heteroatoms. The lowest BCUT2D eigenvalue weighted by molar-refractivity contribution is -0.141. The molecule has 142 valence electrons. The fraction of sp³-hybridized carbons (Fsp3) is 0.118. The van der Waals surface area contributed by atoms with Gasteiger partial charge in [0.05, 0.1) is 10.6 Å². The number of aromatic nitrogens is 2. The van der Waals surface area contributed by atoms with Gasteiger partial charge < -0.3 is 0 Å². The molecule has 5 nitrogen and oxygen atoms in total. The highest BCUT2D eigenvalue weighted by atomic mass is 32.2. The third kappa shape index (κ3) is 4.01. The predicted octanol–water partition coefficient (Wildman–Crippen LogP) is 3.61. The lowest BCUT2D eigenvalue weighted by atomic mass is 10.1. The molecule has 3 aromatic rings. The monoisotopic (exact) mass is 399 g/mol. The van der Waals surface area contributed by atoms with Crippen molar-refractivity contribution in [2.24, 2.45) is 0 Å². The van der Waals surface area contributed by atoms with E-state index in [0.29, 0.717) is 11.1 Å². The minimum atomic E-state index is -4.63. The summed E-state index contributed by atoms with van der Waals surface area (Å²) in [6.07, 6.45) is -3.54. The van der Waals surface area contributed by atoms with Crippen molar-refractivity contribution in [2.45, 2.75) is 11.1 Å². The van der Waals surface area contributed by atoms with E-state index in [4.69, 9.17) is 0 Å². The summed E-state index contributed by atoms with van der Waals surface area (Å²) in [6, 6.07) is 10.1. The Kier molecular flexibility index (Phi) is 4.79. The Hall–Kier alpha value is -2.72. The van der Waals surface area contributed by atoms with Crippen molar-refractivity contribution in [1.82, 2.24) is 14.5 Å². The zero-order valence-electron chi connectivity index (χ0n) is 13.8. The van der Waals surface area contributed by atoms with Gasteiger partial charge in [-0.3, -0.25) is 0 Å². The lowest BCUT2D eigenvalue weighted by Crippen LogP contribution is -2.19. The Morgan fingerprint density at radius 2 is 1.67 bits per heavy atom. The SMILES string of the molecule is CNS(=O)(=O)c1cc(-c2ccc(F)cc2)cc(-n2ccc(C(F)(F)F)n2)c1. The van der Waals surface area contributed by atoms with Crippen molar-refractivity contribution < 1.29 is 26.0 Å². The van der Waals surface area contributed by atoms with Crippen LogP contribution in [-0.2, 0) is 16.2 Å². The largest absolute Gasteiger partial charge is 0.435 e. The molecule has 0 aliphatic carbocycles. The summed E-state index contributed by atoms with van der Waals surface area (Å²) in [5.41, 5.74) is -0.117. The van der Waals surface area contributed by atoms with Crippen LogP contribution >= 0.6 is 0 Å². The standard InChI is InChI=1S/C17H13F4N3O2S/c1-22-27(25,26)15-9-12(11-2-4-13(18)5-3-11)8-14(10-15)24-7-6-16(23-24)17(19,20)21/h2-10,22H,1H3. The molecule has 0 amide bonds. The highest BCUT2D eigenvalue weighted by molar-refractivity contribution is 7.89. The topological polar surface area (TPSA) is 64.0 Å². The van der Waals surface area contributed by atoms with Crippen molar-refractivity contribution in [1.29, 1.82) is 0 Å². The molecule has 1 aromatic heterocycles. The smallest absolute Gasteiger partial charge is 0.240 e. The molecule has 0 saturated carbocycles. The summed E-state index contributed by atoms with van der Waals surface area (Å²) >= 11 is 0. The summed E-state index contributed by atoms with van der Waals surface area (Å²) in [6.45, 7) is 0. The number of benzene rings is 2. The minimum absolute atomic E-state index is 0.112. The van der Waals surface area contributed by atoms with Gasteiger partial charge in [0.15, 0.2) is 5.69 Å². The second-order valence-electron chi connectivity index (χ2n) is 5.57. The summed E-state index contributed by atoms with van der Waals surface area (Å²) < 4.78 is 79.1. The maximum atomic E-state index is 13.2. The van der Waals surface area contributed by atoms with Crippen molar-refractivity contribution >= 4 is 10.0 Å². The van der Waals surface area contributed by atoms with E-state index in [1.54, 1.807) is 0 Å². The molecule has 1 N–H and O–H groups in total. The number of halogens is 4. The number of nitrogens with one attached hydrogen (secondary N) is 1. The molecule has 27 heavy (non-hydrogen) atoms. The van der Waals surface area contributed by atoms with Gasteiger partial charge in [-0.25, -0.2) is 22.2 Å². The predicted molar refractivity (Wildman–Crippen MR) is 90.2 cm³/mol. The maximum Gasteiger partial charge on any atom is 0.435 e. The van der Waals surface area contributed by atoms with E-state index < -0.39 is 27.7 Å². The van der Waals surface area contributed by atoms with Crippen LogP contribution in [0, 0.1) is 5.82 Å². The Morgan fingerprint density at radius 3 is 2.22 bits per heavy atom. The van der Waals surface area contributed by atoms with Gasteiger partial charge in [-0.2, -0.15) is 18.3 Å². The number of rotatable bonds is 4. The van der Waals surface area contributed by atoms with E-state index in [1.807, 2.05) is 0 Å². The van der Waals surface area contributed by atoms with Crippen LogP contribution in [0.4, 0.5) is 17.6 Å². The molecule has 0 fully saturated rings. The molecule has 0 saturated heterocycles. The molecule has 0 aliphatic rings. The van der Waals surface area contributed by atoms with Gasteiger partial charge in [0.25, 0.3) is 0 Å². The Labute approximate surface area is 152 Å². The van der Waals surface area contributed by atoms with Crippen molar-refractivity contribution in [2.75, 3.05) is 7.05 Å². The number of nitrogens with zero attached hydrogens (tertiary/aromatic N) is 2. The first kappa shape index (κ1) is 19.1. The Balaban J connectivity index is 2.19. The average molecular weight is 399 g/mol. The highest BCUT2D eigenvalue weighted by Gasteiger charge is 2.33. The van der Waals surface area contributed by atoms with E-state index in [2.05, 4.69) is 9.82 Å². The summed E-state index contributed by atoms with van der Waals surface area (Å²) in [5.74, 6) is -0.472. The molecule has 0 unspecified atom stereocenters. The number of hydrogen-bond acceptors (Lipinski definition) is 3. The summed E-state index contributed by atoms with van der Waals surface area (Å²) in [7, 11) is -2.66. The molecular formula is C17H13F4N3O2S. The van der Waals surface area contributed by atoms with Gasteiger partial charge in [0.2, 0.25) is 10.0 Å². The molecule has 0 radical (unpaired) electrons. The minimum Gasteiger partial charge on any atom is -0.240 e. The second kappa shape index (κ2) is 6.78. The molecule has 1 heterocycles. The van der Waals surface area contributed by atoms with Gasteiger partial charge in [-0.05, 0) is 54.6 Å². The van der Waals surface area contributed by atoms with Gasteiger partial charge >= 0.3 is 6.18 Å². The summed E-state index contributed by atoms with van der Waals surface area (Å²) in [4.78, 5) is -0.161. The van der Waals surface area contributed by atoms with Crippen LogP contribution in [-0.4, -0.2) is 25.2 Å². The number of alkyl halides is 3. The summed E-state index contributed by atoms with van der Waals surface area (Å²) in [5, 5.41) is 3.47. The zero-order valence-corrected chi connectivity index (χ0v) is 14.6. The molecule has 0 aliphatic heterocycles. The molecule has 0 atom stereocenters. The quantitative estimate of drug-likeness (QED) is 0.682. The third-order valence-electron chi connectivity index (χ3n) is 3.79. The first-order chi connectivity index (χ1) is 12.6. The van der Waals surface area contributed by atoms with Gasteiger partial charge in [-0.1, -0.05) is 12.1 Å². The average Bonchev–Trinajstić information content (AvgIpc) is 3.12. The van der Waals surface area contributed by atoms with Crippen LogP contribution in [0.5, 0.6) is 0 Å². The molecule has 2 aromatic carbocycles. The van der Waals surface area contributed by atoms with E-state index in [0.717, 1.165) is 16.9 Å². The maximum absolute atomic E-state index is 13.2. The van der Waals surface area contributed by atoms with Crippen LogP contribution in [0.25, 0.3) is 16.8 Å². The molecule has 3 rings (SSSR count). The van der Waals surface area contributed by atoms with Gasteiger partial charge in [0.1, 0.15) is 5.82 Å².